The lowest BCUT2D eigenvalue weighted by Crippen LogP contribution is -2.50. The SMILES string of the molecule is O=C(NO)C(Cc1ccccc1)CS(=O)(=O)N1CCN(c2ccccc2F)CC1. The van der Waals surface area contributed by atoms with E-state index in [4.69, 9.17) is 5.21 Å². The first-order chi connectivity index (χ1) is 13.9. The van der Waals surface area contributed by atoms with Crippen molar-refractivity contribution in [3.8, 4) is 0 Å². The fraction of sp³-hybridized carbons (Fsp3) is 0.350. The normalized spacial score (nSPS) is 16.4. The summed E-state index contributed by atoms with van der Waals surface area (Å²) in [5.74, 6) is -2.40. The number of amides is 1. The zero-order valence-corrected chi connectivity index (χ0v) is 16.7. The van der Waals surface area contributed by atoms with Crippen molar-refractivity contribution in [1.82, 2.24) is 9.79 Å². The number of nitrogens with one attached hydrogen (secondary N) is 1. The maximum absolute atomic E-state index is 14.0. The first-order valence-corrected chi connectivity index (χ1v) is 11.0. The van der Waals surface area contributed by atoms with E-state index in [0.717, 1.165) is 5.56 Å². The first-order valence-electron chi connectivity index (χ1n) is 9.36. The van der Waals surface area contributed by atoms with Gasteiger partial charge in [-0.3, -0.25) is 10.0 Å². The standard InChI is InChI=1S/C20H24FN3O4S/c21-18-8-4-5-9-19(18)23-10-12-24(13-11-23)29(27,28)15-17(20(25)22-26)14-16-6-2-1-3-7-16/h1-9,17,26H,10-15H2,(H,22,25). The topological polar surface area (TPSA) is 89.9 Å². The average Bonchev–Trinajstić information content (AvgIpc) is 2.74. The number of nitrogens with zero attached hydrogens (tertiary/aromatic N) is 2. The van der Waals surface area contributed by atoms with Gasteiger partial charge in [-0.2, -0.15) is 4.31 Å². The van der Waals surface area contributed by atoms with E-state index >= 15 is 0 Å². The summed E-state index contributed by atoms with van der Waals surface area (Å²) in [6, 6.07) is 15.4. The van der Waals surface area contributed by atoms with E-state index in [2.05, 4.69) is 0 Å². The molecular weight excluding hydrogens is 397 g/mol. The van der Waals surface area contributed by atoms with Crippen LogP contribution in [0.2, 0.25) is 0 Å². The minimum Gasteiger partial charge on any atom is -0.367 e. The van der Waals surface area contributed by atoms with Crippen LogP contribution in [0.3, 0.4) is 0 Å². The summed E-state index contributed by atoms with van der Waals surface area (Å²) in [5.41, 5.74) is 2.83. The summed E-state index contributed by atoms with van der Waals surface area (Å²) in [6.07, 6.45) is 0.196. The highest BCUT2D eigenvalue weighted by atomic mass is 32.2. The van der Waals surface area contributed by atoms with Crippen LogP contribution in [-0.2, 0) is 21.2 Å². The summed E-state index contributed by atoms with van der Waals surface area (Å²) >= 11 is 0. The molecule has 1 atom stereocenters. The maximum atomic E-state index is 14.0. The molecule has 0 spiro atoms. The third-order valence-corrected chi connectivity index (χ3v) is 7.02. The first kappa shape index (κ1) is 21.2. The molecule has 0 saturated carbocycles. The van der Waals surface area contributed by atoms with Gasteiger partial charge in [-0.1, -0.05) is 42.5 Å². The minimum atomic E-state index is -3.73. The number of hydrogen-bond acceptors (Lipinski definition) is 5. The molecule has 1 saturated heterocycles. The Morgan fingerprint density at radius 2 is 1.66 bits per heavy atom. The number of sulfonamides is 1. The molecule has 29 heavy (non-hydrogen) atoms. The van der Waals surface area contributed by atoms with Gasteiger partial charge < -0.3 is 4.90 Å². The molecule has 2 aromatic carbocycles. The second kappa shape index (κ2) is 9.34. The van der Waals surface area contributed by atoms with Crippen molar-refractivity contribution in [1.29, 1.82) is 0 Å². The average molecular weight is 421 g/mol. The van der Waals surface area contributed by atoms with Crippen LogP contribution in [0.15, 0.2) is 54.6 Å². The number of halogens is 1. The largest absolute Gasteiger partial charge is 0.367 e. The Balaban J connectivity index is 1.66. The Morgan fingerprint density at radius 1 is 1.03 bits per heavy atom. The van der Waals surface area contributed by atoms with Gasteiger partial charge in [0, 0.05) is 26.2 Å². The molecule has 9 heteroatoms. The third kappa shape index (κ3) is 5.31. The zero-order valence-electron chi connectivity index (χ0n) is 15.9. The van der Waals surface area contributed by atoms with Gasteiger partial charge in [0.2, 0.25) is 15.9 Å². The van der Waals surface area contributed by atoms with Gasteiger partial charge in [0.25, 0.3) is 0 Å². The number of benzene rings is 2. The number of piperazine rings is 1. The number of carbonyl (C=O) groups is 1. The predicted octanol–water partition coefficient (Wildman–Crippen LogP) is 1.64. The Labute approximate surface area is 169 Å². The summed E-state index contributed by atoms with van der Waals surface area (Å²) in [5, 5.41) is 9.03. The Bertz CT molecular complexity index is 932. The molecule has 0 aromatic heterocycles. The van der Waals surface area contributed by atoms with Gasteiger partial charge in [-0.15, -0.1) is 0 Å². The van der Waals surface area contributed by atoms with E-state index in [-0.39, 0.29) is 25.3 Å². The van der Waals surface area contributed by atoms with Crippen LogP contribution in [0, 0.1) is 11.7 Å². The lowest BCUT2D eigenvalue weighted by atomic mass is 10.0. The summed E-state index contributed by atoms with van der Waals surface area (Å²) in [4.78, 5) is 13.9. The molecular formula is C20H24FN3O4S. The van der Waals surface area contributed by atoms with Crippen molar-refractivity contribution < 1.29 is 22.8 Å². The second-order valence-electron chi connectivity index (χ2n) is 6.98. The molecule has 1 fully saturated rings. The van der Waals surface area contributed by atoms with Crippen LogP contribution in [-0.4, -0.2) is 55.8 Å². The lowest BCUT2D eigenvalue weighted by Gasteiger charge is -2.36. The van der Waals surface area contributed by atoms with Crippen LogP contribution >= 0.6 is 0 Å². The van der Waals surface area contributed by atoms with Gasteiger partial charge in [0.05, 0.1) is 17.4 Å². The van der Waals surface area contributed by atoms with Crippen molar-refractivity contribution in [2.75, 3.05) is 36.8 Å². The molecule has 1 unspecified atom stereocenters. The highest BCUT2D eigenvalue weighted by molar-refractivity contribution is 7.89. The summed E-state index contributed by atoms with van der Waals surface area (Å²) < 4.78 is 41.1. The molecule has 0 radical (unpaired) electrons. The van der Waals surface area contributed by atoms with Gasteiger partial charge in [-0.25, -0.2) is 18.3 Å². The molecule has 2 aromatic rings. The molecule has 2 N–H and O–H groups in total. The molecule has 1 amide bonds. The van der Waals surface area contributed by atoms with Crippen molar-refractivity contribution >= 4 is 21.6 Å². The van der Waals surface area contributed by atoms with Gasteiger partial charge in [-0.05, 0) is 24.1 Å². The van der Waals surface area contributed by atoms with Gasteiger partial charge >= 0.3 is 0 Å². The number of hydroxylamine groups is 1. The molecule has 156 valence electrons. The lowest BCUT2D eigenvalue weighted by molar-refractivity contribution is -0.132. The number of anilines is 1. The fourth-order valence-corrected chi connectivity index (χ4v) is 5.20. The van der Waals surface area contributed by atoms with E-state index in [1.807, 2.05) is 11.0 Å². The Kier molecular flexibility index (Phi) is 6.83. The van der Waals surface area contributed by atoms with E-state index in [9.17, 15) is 17.6 Å². The monoisotopic (exact) mass is 421 g/mol. The highest BCUT2D eigenvalue weighted by Crippen LogP contribution is 2.22. The molecule has 3 rings (SSSR count). The number of carbonyl (C=O) groups excluding carboxylic acids is 1. The summed E-state index contributed by atoms with van der Waals surface area (Å²) in [6.45, 7) is 1.12. The molecule has 1 aliphatic heterocycles. The minimum absolute atomic E-state index is 0.196. The predicted molar refractivity (Wildman–Crippen MR) is 108 cm³/mol. The highest BCUT2D eigenvalue weighted by Gasteiger charge is 2.32. The zero-order chi connectivity index (χ0) is 20.9. The fourth-order valence-electron chi connectivity index (χ4n) is 3.49. The molecule has 7 nitrogen and oxygen atoms in total. The van der Waals surface area contributed by atoms with Crippen LogP contribution in [0.4, 0.5) is 10.1 Å². The molecule has 0 aliphatic carbocycles. The Hall–Kier alpha value is -2.49. The van der Waals surface area contributed by atoms with Gasteiger partial charge in [0.1, 0.15) is 5.82 Å². The number of hydrogen-bond donors (Lipinski definition) is 2. The van der Waals surface area contributed by atoms with Crippen molar-refractivity contribution in [3.63, 3.8) is 0 Å². The van der Waals surface area contributed by atoms with E-state index < -0.39 is 27.6 Å². The van der Waals surface area contributed by atoms with Crippen molar-refractivity contribution in [2.24, 2.45) is 5.92 Å². The quantitative estimate of drug-likeness (QED) is 0.524. The van der Waals surface area contributed by atoms with Crippen molar-refractivity contribution in [3.05, 3.63) is 66.0 Å². The number of para-hydroxylation sites is 1. The van der Waals surface area contributed by atoms with Crippen LogP contribution in [0.1, 0.15) is 5.56 Å². The second-order valence-corrected chi connectivity index (χ2v) is 8.99. The number of rotatable bonds is 7. The smallest absolute Gasteiger partial charge is 0.247 e. The molecule has 1 aliphatic rings. The maximum Gasteiger partial charge on any atom is 0.247 e. The van der Waals surface area contributed by atoms with Crippen molar-refractivity contribution in [2.45, 2.75) is 6.42 Å². The summed E-state index contributed by atoms with van der Waals surface area (Å²) in [7, 11) is -3.73. The Morgan fingerprint density at radius 3 is 2.28 bits per heavy atom. The van der Waals surface area contributed by atoms with E-state index in [1.165, 1.54) is 10.4 Å². The van der Waals surface area contributed by atoms with E-state index in [0.29, 0.717) is 18.8 Å². The van der Waals surface area contributed by atoms with Gasteiger partial charge in [0.15, 0.2) is 0 Å². The third-order valence-electron chi connectivity index (χ3n) is 5.04. The van der Waals surface area contributed by atoms with Crippen LogP contribution < -0.4 is 10.4 Å². The van der Waals surface area contributed by atoms with E-state index in [1.54, 1.807) is 47.9 Å². The molecule has 0 bridgehead atoms. The van der Waals surface area contributed by atoms with Crippen LogP contribution in [0.25, 0.3) is 0 Å². The molecule has 1 heterocycles. The van der Waals surface area contributed by atoms with Crippen LogP contribution in [0.5, 0.6) is 0 Å².